The molecule has 4 heteroatoms. The van der Waals surface area contributed by atoms with E-state index in [1.807, 2.05) is 0 Å². The van der Waals surface area contributed by atoms with E-state index in [9.17, 15) is 4.79 Å². The zero-order valence-corrected chi connectivity index (χ0v) is 12.5. The van der Waals surface area contributed by atoms with Crippen LogP contribution in [0.1, 0.15) is 33.3 Å². The molecule has 3 aromatic rings. The number of benzene rings is 1. The molecule has 0 aliphatic carbocycles. The van der Waals surface area contributed by atoms with Crippen LogP contribution in [0.3, 0.4) is 0 Å². The fraction of sp³-hybridized carbons (Fsp3) is 0.263. The highest BCUT2D eigenvalue weighted by molar-refractivity contribution is 5.81. The second-order valence-corrected chi connectivity index (χ2v) is 5.03. The van der Waals surface area contributed by atoms with Crippen LogP contribution in [0.2, 0.25) is 0 Å². The van der Waals surface area contributed by atoms with Crippen LogP contribution in [0.5, 0.6) is 0 Å². The molecule has 0 bridgehead atoms. The summed E-state index contributed by atoms with van der Waals surface area (Å²) in [6, 6.07) is -0.785. The summed E-state index contributed by atoms with van der Waals surface area (Å²) in [5.74, 6) is -1.05. The molecule has 0 radical (unpaired) electrons. The summed E-state index contributed by atoms with van der Waals surface area (Å²) in [7, 11) is 2.61. The van der Waals surface area contributed by atoms with Crippen LogP contribution in [0.4, 0.5) is 0 Å². The molecule has 4 nitrogen and oxygen atoms in total. The largest absolute Gasteiger partial charge is 0.348 e. The lowest BCUT2D eigenvalue weighted by atomic mass is 10.1. The van der Waals surface area contributed by atoms with E-state index in [2.05, 4.69) is 4.98 Å². The van der Waals surface area contributed by atoms with Gasteiger partial charge in [-0.25, -0.2) is 4.98 Å². The monoisotopic (exact) mass is 319 g/mol. The summed E-state index contributed by atoms with van der Waals surface area (Å²) < 4.78 is 97.1. The summed E-state index contributed by atoms with van der Waals surface area (Å²) in [5, 5.41) is 0. The van der Waals surface area contributed by atoms with Gasteiger partial charge in [0.2, 0.25) is 5.91 Å². The van der Waals surface area contributed by atoms with Crippen LogP contribution in [0, 0.1) is 13.7 Å². The van der Waals surface area contributed by atoms with Gasteiger partial charge in [-0.05, 0) is 25.3 Å². The number of likely N-dealkylation sites (N-methyl/N-ethyl adjacent to an activating group) is 1. The molecule has 1 aromatic carbocycles. The van der Waals surface area contributed by atoms with Crippen LogP contribution >= 0.6 is 0 Å². The van der Waals surface area contributed by atoms with Gasteiger partial charge >= 0.3 is 0 Å². The lowest BCUT2D eigenvalue weighted by Gasteiger charge is -2.11. The van der Waals surface area contributed by atoms with Crippen LogP contribution in [-0.4, -0.2) is 34.3 Å². The third-order valence-corrected chi connectivity index (χ3v) is 3.11. The molecular weight excluding hydrogens is 286 g/mol. The van der Waals surface area contributed by atoms with E-state index >= 15 is 0 Å². The van der Waals surface area contributed by atoms with Crippen molar-refractivity contribution in [2.45, 2.75) is 20.1 Å². The zero-order valence-electron chi connectivity index (χ0n) is 24.5. The average molecular weight is 319 g/mol. The maximum Gasteiger partial charge on any atom is 0.228 e. The van der Waals surface area contributed by atoms with Crippen molar-refractivity contribution in [1.82, 2.24) is 14.3 Å². The van der Waals surface area contributed by atoms with Gasteiger partial charge in [0.1, 0.15) is 5.65 Å². The van der Waals surface area contributed by atoms with Crippen molar-refractivity contribution in [2.24, 2.45) is 0 Å². The third-order valence-electron chi connectivity index (χ3n) is 3.11. The van der Waals surface area contributed by atoms with Gasteiger partial charge < -0.3 is 9.30 Å². The summed E-state index contributed by atoms with van der Waals surface area (Å²) in [6.07, 6.45) is -1.78. The number of fused-ring (bicyclic) bond motifs is 1. The number of nitrogens with zero attached hydrogens (tertiary/aromatic N) is 3. The van der Waals surface area contributed by atoms with Crippen LogP contribution in [0.25, 0.3) is 16.9 Å². The second kappa shape index (κ2) is 5.88. The normalized spacial score (nSPS) is 20.3. The third kappa shape index (κ3) is 2.97. The molecule has 0 aliphatic heterocycles. The predicted molar refractivity (Wildman–Crippen MR) is 92.5 cm³/mol. The highest BCUT2D eigenvalue weighted by Gasteiger charge is 2.18. The zero-order chi connectivity index (χ0) is 26.8. The van der Waals surface area contributed by atoms with Crippen molar-refractivity contribution in [3.8, 4) is 11.3 Å². The van der Waals surface area contributed by atoms with E-state index in [1.54, 1.807) is 0 Å². The maximum absolute atomic E-state index is 12.8. The van der Waals surface area contributed by atoms with Gasteiger partial charge in [-0.15, -0.1) is 0 Å². The van der Waals surface area contributed by atoms with Gasteiger partial charge in [-0.2, -0.15) is 0 Å². The van der Waals surface area contributed by atoms with Gasteiger partial charge in [0.05, 0.1) is 23.2 Å². The highest BCUT2D eigenvalue weighted by Crippen LogP contribution is 2.26. The first-order valence-corrected chi connectivity index (χ1v) is 6.67. The first-order chi connectivity index (χ1) is 15.8. The number of imidazole rings is 1. The van der Waals surface area contributed by atoms with Crippen molar-refractivity contribution in [3.63, 3.8) is 0 Å². The fourth-order valence-corrected chi connectivity index (χ4v) is 1.98. The first kappa shape index (κ1) is 6.48. The second-order valence-electron chi connectivity index (χ2n) is 5.03. The first-order valence-electron chi connectivity index (χ1n) is 12.7. The smallest absolute Gasteiger partial charge is 0.228 e. The molecule has 0 aliphatic rings. The molecule has 0 saturated heterocycles. The molecule has 23 heavy (non-hydrogen) atoms. The predicted octanol–water partition coefficient (Wildman–Crippen LogP) is 3.25. The Labute approximate surface area is 153 Å². The average Bonchev–Trinajstić information content (AvgIpc) is 3.09. The lowest BCUT2D eigenvalue weighted by molar-refractivity contribution is -0.128. The Hall–Kier alpha value is -2.62. The maximum atomic E-state index is 12.8. The van der Waals surface area contributed by atoms with Crippen LogP contribution < -0.4 is 0 Å². The van der Waals surface area contributed by atoms with Gasteiger partial charge in [-0.3, -0.25) is 4.79 Å². The summed E-state index contributed by atoms with van der Waals surface area (Å²) >= 11 is 0. The van der Waals surface area contributed by atoms with E-state index in [0.29, 0.717) is 0 Å². The molecule has 1 amide bonds. The molecule has 0 atom stereocenters. The topological polar surface area (TPSA) is 37.6 Å². The number of pyridine rings is 1. The Morgan fingerprint density at radius 1 is 1.26 bits per heavy atom. The van der Waals surface area contributed by atoms with Gasteiger partial charge in [-0.1, -0.05) is 35.8 Å². The van der Waals surface area contributed by atoms with Crippen LogP contribution in [-0.2, 0) is 11.2 Å². The number of aryl methyl sites for hydroxylation is 1. The standard InChI is InChI=1S/C19H21N3O/c1-13-5-8-15(9-6-13)19-16(11-18(23)21(3)4)22-12-14(2)7-10-17(22)20-19/h5-10,12H,11H2,1-4H3/i1D3,2D3,5D,6D,8D,9D,11D2. The molecular formula is C19H21N3O. The summed E-state index contributed by atoms with van der Waals surface area (Å²) in [6.45, 7) is -5.54. The number of hydrogen-bond acceptors (Lipinski definition) is 2. The van der Waals surface area contributed by atoms with E-state index < -0.39 is 72.7 Å². The van der Waals surface area contributed by atoms with E-state index in [0.717, 1.165) is 15.5 Å². The van der Waals surface area contributed by atoms with E-state index in [-0.39, 0.29) is 11.2 Å². The molecule has 2 aromatic heterocycles. The minimum Gasteiger partial charge on any atom is -0.348 e. The van der Waals surface area contributed by atoms with Crippen molar-refractivity contribution < 1.29 is 21.2 Å². The van der Waals surface area contributed by atoms with Crippen molar-refractivity contribution in [2.75, 3.05) is 14.1 Å². The number of carbonyl (C=O) groups is 1. The molecule has 0 fully saturated rings. The van der Waals surface area contributed by atoms with Gasteiger partial charge in [0.25, 0.3) is 0 Å². The summed E-state index contributed by atoms with van der Waals surface area (Å²) in [4.78, 5) is 18.0. The molecule has 2 heterocycles. The lowest BCUT2D eigenvalue weighted by Crippen LogP contribution is -2.24. The van der Waals surface area contributed by atoms with Crippen molar-refractivity contribution >= 4 is 11.6 Å². The SMILES string of the molecule is [2H]c1c([2H])c(C([2H])([2H])[2H])c([2H])c([2H])c1-c1nc2ccc(C([2H])([2H])[2H])cn2c1C([2H])([2H])C(=O)N(C)C. The molecule has 0 spiro atoms. The highest BCUT2D eigenvalue weighted by atomic mass is 16.2. The molecule has 0 N–H and O–H groups in total. The number of amides is 1. The number of aromatic nitrogens is 2. The summed E-state index contributed by atoms with van der Waals surface area (Å²) in [5.41, 5.74) is -2.49. The minimum absolute atomic E-state index is 0.0183. The fourth-order valence-electron chi connectivity index (χ4n) is 1.98. The number of carbonyl (C=O) groups excluding carboxylic acids is 1. The molecule has 0 unspecified atom stereocenters. The Morgan fingerprint density at radius 3 is 2.65 bits per heavy atom. The molecule has 3 rings (SSSR count). The Morgan fingerprint density at radius 2 is 2.00 bits per heavy atom. The quantitative estimate of drug-likeness (QED) is 0.743. The van der Waals surface area contributed by atoms with Crippen LogP contribution in [0.15, 0.2) is 42.5 Å². The Bertz CT molecular complexity index is 1310. The van der Waals surface area contributed by atoms with Gasteiger partial charge in [0, 0.05) is 36.8 Å². The Kier molecular flexibility index (Phi) is 1.65. The number of hydrogen-bond donors (Lipinski definition) is 0. The van der Waals surface area contributed by atoms with Crippen molar-refractivity contribution in [1.29, 1.82) is 0 Å². The Balaban J connectivity index is 2.53. The van der Waals surface area contributed by atoms with Gasteiger partial charge in [0.15, 0.2) is 0 Å². The van der Waals surface area contributed by atoms with E-state index in [1.165, 1.54) is 26.2 Å². The minimum atomic E-state index is -2.95. The van der Waals surface area contributed by atoms with E-state index in [4.69, 9.17) is 16.4 Å². The number of rotatable bonds is 3. The molecule has 0 saturated carbocycles. The molecule has 118 valence electrons. The van der Waals surface area contributed by atoms with Crippen molar-refractivity contribution in [3.05, 3.63) is 59.3 Å².